The topological polar surface area (TPSA) is 158 Å². The monoisotopic (exact) mass is 517 g/mol. The van der Waals surface area contributed by atoms with Crippen LogP contribution in [0, 0.1) is 0 Å². The van der Waals surface area contributed by atoms with E-state index in [1.54, 1.807) is 0 Å². The van der Waals surface area contributed by atoms with E-state index in [-0.39, 0.29) is 22.2 Å². The fourth-order valence-electron chi connectivity index (χ4n) is 5.12. The molecule has 35 heavy (non-hydrogen) atoms. The highest BCUT2D eigenvalue weighted by atomic mass is 32.2. The highest BCUT2D eigenvalue weighted by molar-refractivity contribution is 8.00. The maximum Gasteiger partial charge on any atom is 0.352 e. The van der Waals surface area contributed by atoms with Crippen LogP contribution in [-0.2, 0) is 14.4 Å². The number of thiazole rings is 1. The molecule has 1 aliphatic carbocycles. The number of carbonyl (C=O) groups is 3. The van der Waals surface area contributed by atoms with Gasteiger partial charge in [0.2, 0.25) is 0 Å². The number of allylic oxidation sites excluding steroid dienone is 2. The van der Waals surface area contributed by atoms with E-state index in [1.807, 2.05) is 7.05 Å². The number of thioether (sulfide) groups is 1. The molecule has 11 nitrogen and oxygen atoms in total. The fourth-order valence-corrected chi connectivity index (χ4v) is 7.01. The van der Waals surface area contributed by atoms with Crippen molar-refractivity contribution in [2.45, 2.75) is 37.1 Å². The molecule has 0 unspecified atom stereocenters. The number of amides is 2. The van der Waals surface area contributed by atoms with Gasteiger partial charge in [0, 0.05) is 27.9 Å². The zero-order chi connectivity index (χ0) is 24.9. The number of hydrogen-bond acceptors (Lipinski definition) is 9. The molecule has 1 aromatic heterocycles. The Morgan fingerprint density at radius 3 is 2.57 bits per heavy atom. The van der Waals surface area contributed by atoms with Crippen molar-refractivity contribution in [3.8, 4) is 0 Å². The van der Waals surface area contributed by atoms with Gasteiger partial charge in [-0.1, -0.05) is 5.16 Å². The number of rotatable bonds is 6. The van der Waals surface area contributed by atoms with Gasteiger partial charge in [-0.05, 0) is 25.7 Å². The number of nitrogen functional groups attached to an aromatic ring is 1. The van der Waals surface area contributed by atoms with Crippen molar-refractivity contribution >= 4 is 51.7 Å². The number of anilines is 1. The lowest BCUT2D eigenvalue weighted by Crippen LogP contribution is -2.71. The van der Waals surface area contributed by atoms with Crippen LogP contribution in [0.2, 0.25) is 0 Å². The fraction of sp³-hybridized carbons (Fsp3) is 0.409. The number of nitrogens with one attached hydrogen (secondary N) is 1. The van der Waals surface area contributed by atoms with Crippen LogP contribution in [0.3, 0.4) is 0 Å². The summed E-state index contributed by atoms with van der Waals surface area (Å²) in [7, 11) is 2.05. The number of carboxylic acid groups (broad SMARTS) is 1. The van der Waals surface area contributed by atoms with E-state index < -0.39 is 29.2 Å². The van der Waals surface area contributed by atoms with Crippen molar-refractivity contribution in [3.05, 3.63) is 45.9 Å². The van der Waals surface area contributed by atoms with Gasteiger partial charge in [-0.25, -0.2) is 9.78 Å². The lowest BCUT2D eigenvalue weighted by atomic mass is 9.92. The predicted molar refractivity (Wildman–Crippen MR) is 130 cm³/mol. The number of hydrogen-bond donors (Lipinski definition) is 4. The van der Waals surface area contributed by atoms with Crippen LogP contribution in [0.4, 0.5) is 5.13 Å². The van der Waals surface area contributed by atoms with E-state index in [4.69, 9.17) is 5.73 Å². The molecule has 5 rings (SSSR count). The van der Waals surface area contributed by atoms with Crippen LogP contribution < -0.4 is 11.1 Å². The third-order valence-corrected chi connectivity index (χ3v) is 8.62. The first-order valence-electron chi connectivity index (χ1n) is 11.1. The zero-order valence-corrected chi connectivity index (χ0v) is 20.6. The molecular formula is C22H25N6O5S2+. The highest BCUT2D eigenvalue weighted by Gasteiger charge is 2.55. The quantitative estimate of drug-likeness (QED) is 0.145. The molecule has 2 fully saturated rings. The van der Waals surface area contributed by atoms with Gasteiger partial charge in [-0.3, -0.25) is 19.0 Å². The molecule has 2 amide bonds. The number of likely N-dealkylation sites (N-methyl/N-ethyl adjacent to an activating group) is 1. The number of fused-ring (bicyclic) bond motifs is 2. The largest absolute Gasteiger partial charge is 0.477 e. The average Bonchev–Trinajstić information content (AvgIpc) is 3.39. The Bertz CT molecular complexity index is 1230. The van der Waals surface area contributed by atoms with Crippen LogP contribution in [0.5, 0.6) is 0 Å². The van der Waals surface area contributed by atoms with Gasteiger partial charge in [0.25, 0.3) is 11.8 Å². The molecule has 1 aromatic rings. The van der Waals surface area contributed by atoms with E-state index in [0.29, 0.717) is 22.4 Å². The zero-order valence-electron chi connectivity index (χ0n) is 18.9. The van der Waals surface area contributed by atoms with Gasteiger partial charge in [0.1, 0.15) is 41.8 Å². The van der Waals surface area contributed by atoms with Crippen molar-refractivity contribution in [3.63, 3.8) is 0 Å². The number of β-lactam (4-membered cyclic amide) rings is 1. The molecule has 3 aliphatic heterocycles. The van der Waals surface area contributed by atoms with Gasteiger partial charge < -0.3 is 21.4 Å². The van der Waals surface area contributed by atoms with Gasteiger partial charge in [0.05, 0.1) is 7.05 Å². The molecule has 1 saturated carbocycles. The van der Waals surface area contributed by atoms with Gasteiger partial charge in [-0.15, -0.1) is 23.1 Å². The Hall–Kier alpha value is -3.16. The lowest BCUT2D eigenvalue weighted by Gasteiger charge is -2.49. The summed E-state index contributed by atoms with van der Waals surface area (Å²) in [4.78, 5) is 43.1. The molecule has 0 spiro atoms. The molecule has 184 valence electrons. The first-order valence-corrected chi connectivity index (χ1v) is 13.1. The van der Waals surface area contributed by atoms with Crippen LogP contribution in [-0.4, -0.2) is 78.9 Å². The van der Waals surface area contributed by atoms with Crippen LogP contribution in [0.1, 0.15) is 31.4 Å². The van der Waals surface area contributed by atoms with E-state index in [0.717, 1.165) is 37.0 Å². The molecule has 13 heteroatoms. The maximum absolute atomic E-state index is 13.0. The second-order valence-corrected chi connectivity index (χ2v) is 11.2. The second kappa shape index (κ2) is 8.81. The number of nitrogens with zero attached hydrogens (tertiary/aromatic N) is 4. The SMILES string of the molecule is C[N+]1(CC2=C(C(=O)O)N3C(=O)[C@@H](NC(=O)/C(=N\O)c4csc(N)n4)[C@H]3SC2)C=C2CCCCC2=C1. The van der Waals surface area contributed by atoms with Crippen molar-refractivity contribution in [2.24, 2.45) is 5.16 Å². The van der Waals surface area contributed by atoms with Crippen LogP contribution in [0.15, 0.2) is 45.4 Å². The standard InChI is InChI=1S/C22H24N6O5S2/c1-28(6-11-4-2-3-5-12(11)7-28)8-13-9-34-20-16(19(30)27(20)17(13)21(31)32)25-18(29)15(26-33)14-10-35-22(23)24-14/h6-7,10,16,20H,2-5,8-9H2,1H3,(H4-,23,24,25,29,31,32,33)/p+1/t16-,20-/m1/s1. The molecule has 0 bridgehead atoms. The minimum absolute atomic E-state index is 0.0152. The molecule has 2 atom stereocenters. The number of nitrogens with two attached hydrogens (primary N) is 1. The Morgan fingerprint density at radius 2 is 2.00 bits per heavy atom. The highest BCUT2D eigenvalue weighted by Crippen LogP contribution is 2.42. The first-order chi connectivity index (χ1) is 16.7. The smallest absolute Gasteiger partial charge is 0.352 e. The number of carbonyl (C=O) groups excluding carboxylic acids is 2. The Morgan fingerprint density at radius 1 is 1.31 bits per heavy atom. The lowest BCUT2D eigenvalue weighted by molar-refractivity contribution is -0.799. The van der Waals surface area contributed by atoms with Gasteiger partial charge >= 0.3 is 5.97 Å². The maximum atomic E-state index is 13.0. The summed E-state index contributed by atoms with van der Waals surface area (Å²) in [6, 6.07) is -0.945. The minimum atomic E-state index is -1.16. The summed E-state index contributed by atoms with van der Waals surface area (Å²) < 4.78 is 0.483. The number of quaternary nitrogens is 1. The van der Waals surface area contributed by atoms with Crippen LogP contribution >= 0.6 is 23.1 Å². The van der Waals surface area contributed by atoms with Crippen molar-refractivity contribution < 1.29 is 29.2 Å². The summed E-state index contributed by atoms with van der Waals surface area (Å²) in [6.07, 6.45) is 8.80. The third-order valence-electron chi connectivity index (χ3n) is 6.60. The number of oxime groups is 1. The summed E-state index contributed by atoms with van der Waals surface area (Å²) in [5.74, 6) is -2.05. The van der Waals surface area contributed by atoms with Crippen molar-refractivity contribution in [1.82, 2.24) is 15.2 Å². The summed E-state index contributed by atoms with van der Waals surface area (Å²) in [5.41, 5.74) is 8.65. The second-order valence-electron chi connectivity index (χ2n) is 9.16. The van der Waals surface area contributed by atoms with E-state index >= 15 is 0 Å². The normalized spacial score (nSPS) is 25.3. The molecular weight excluding hydrogens is 492 g/mol. The van der Waals surface area contributed by atoms with E-state index in [1.165, 1.54) is 33.2 Å². The Kier molecular flexibility index (Phi) is 5.93. The van der Waals surface area contributed by atoms with E-state index in [9.17, 15) is 24.7 Å². The van der Waals surface area contributed by atoms with Crippen molar-refractivity contribution in [2.75, 3.05) is 25.1 Å². The van der Waals surface area contributed by atoms with Crippen LogP contribution in [0.25, 0.3) is 0 Å². The minimum Gasteiger partial charge on any atom is -0.477 e. The molecule has 0 radical (unpaired) electrons. The number of aliphatic carboxylic acids is 1. The van der Waals surface area contributed by atoms with E-state index in [2.05, 4.69) is 27.9 Å². The summed E-state index contributed by atoms with van der Waals surface area (Å²) in [6.45, 7) is 0.460. The Labute approximate surface area is 209 Å². The van der Waals surface area contributed by atoms with Gasteiger partial charge in [-0.2, -0.15) is 0 Å². The number of aromatic nitrogens is 1. The first kappa shape index (κ1) is 23.6. The molecule has 5 N–H and O–H groups in total. The Balaban J connectivity index is 1.34. The van der Waals surface area contributed by atoms with Crippen molar-refractivity contribution in [1.29, 1.82) is 0 Å². The number of carboxylic acids is 1. The molecule has 1 saturated heterocycles. The summed E-state index contributed by atoms with van der Waals surface area (Å²) in [5, 5.41) is 26.0. The molecule has 4 aliphatic rings. The molecule has 0 aromatic carbocycles. The average molecular weight is 518 g/mol. The third kappa shape index (κ3) is 4.13. The summed E-state index contributed by atoms with van der Waals surface area (Å²) >= 11 is 2.48. The van der Waals surface area contributed by atoms with Gasteiger partial charge in [0.15, 0.2) is 10.8 Å². The predicted octanol–water partition coefficient (Wildman–Crippen LogP) is 1.44. The molecule has 4 heterocycles.